The van der Waals surface area contributed by atoms with Crippen LogP contribution in [0.25, 0.3) is 0 Å². The molecular formula is C35H47Cl2N5O2S. The molecule has 1 heterocycles. The Morgan fingerprint density at radius 3 is 2.00 bits per heavy atom. The minimum Gasteiger partial charge on any atom is -0.465 e. The van der Waals surface area contributed by atoms with E-state index in [-0.39, 0.29) is 5.56 Å². The molecule has 10 heteroatoms. The van der Waals surface area contributed by atoms with Crippen LogP contribution >= 0.6 is 34.5 Å². The number of anilines is 1. The highest BCUT2D eigenvalue weighted by atomic mass is 35.5. The molecular weight excluding hydrogens is 625 g/mol. The fourth-order valence-corrected chi connectivity index (χ4v) is 6.55. The van der Waals surface area contributed by atoms with Crippen molar-refractivity contribution in [2.24, 2.45) is 32.3 Å². The smallest absolute Gasteiger partial charge is 0.341 e. The summed E-state index contributed by atoms with van der Waals surface area (Å²) < 4.78 is 4.99. The molecule has 1 aromatic heterocycles. The first-order valence-electron chi connectivity index (χ1n) is 16.1. The van der Waals surface area contributed by atoms with Crippen LogP contribution in [0.1, 0.15) is 95.0 Å². The molecule has 0 fully saturated rings. The number of esters is 1. The van der Waals surface area contributed by atoms with E-state index in [0.29, 0.717) is 37.6 Å². The number of ether oxygens (including phenoxy) is 1. The van der Waals surface area contributed by atoms with Crippen LogP contribution in [-0.4, -0.2) is 26.2 Å². The maximum absolute atomic E-state index is 12.5. The molecule has 0 saturated carbocycles. The molecule has 3 rings (SSSR count). The van der Waals surface area contributed by atoms with Crippen molar-refractivity contribution in [2.75, 3.05) is 25.1 Å². The lowest BCUT2D eigenvalue weighted by Crippen LogP contribution is -2.34. The van der Waals surface area contributed by atoms with Gasteiger partial charge in [0.05, 0.1) is 18.5 Å². The molecule has 0 aliphatic rings. The molecule has 0 N–H and O–H groups in total. The van der Waals surface area contributed by atoms with E-state index in [2.05, 4.69) is 72.1 Å². The largest absolute Gasteiger partial charge is 0.465 e. The van der Waals surface area contributed by atoms with Gasteiger partial charge in [-0.2, -0.15) is 0 Å². The quantitative estimate of drug-likeness (QED) is 0.0996. The van der Waals surface area contributed by atoms with E-state index in [1.165, 1.54) is 75.5 Å². The molecule has 2 aromatic carbocycles. The molecule has 0 aliphatic carbocycles. The normalized spacial score (nSPS) is 13.1. The van der Waals surface area contributed by atoms with Crippen molar-refractivity contribution in [2.45, 2.75) is 86.0 Å². The number of unbranched alkanes of at least 4 members (excludes halogenated alkanes) is 2. The first kappa shape index (κ1) is 36.7. The summed E-state index contributed by atoms with van der Waals surface area (Å²) in [7, 11) is 1.33. The summed E-state index contributed by atoms with van der Waals surface area (Å²) in [5.74, 6) is 0.828. The third-order valence-corrected chi connectivity index (χ3v) is 9.39. The molecule has 0 aliphatic heterocycles. The first-order chi connectivity index (χ1) is 21.7. The highest BCUT2D eigenvalue weighted by Crippen LogP contribution is 2.39. The van der Waals surface area contributed by atoms with Crippen LogP contribution in [0.3, 0.4) is 0 Å². The SMILES string of the molecule is CCCCC(CC)CN(CC(CC)CCCC)c1ccc(N=Nc2sc(N=Nc3cc(Cl)cc(Cl)c3)cc2C(=O)OC)c(C)c1. The van der Waals surface area contributed by atoms with Crippen LogP contribution in [0, 0.1) is 18.8 Å². The van der Waals surface area contributed by atoms with Crippen molar-refractivity contribution < 1.29 is 9.53 Å². The molecule has 244 valence electrons. The van der Waals surface area contributed by atoms with Gasteiger partial charge in [-0.25, -0.2) is 4.79 Å². The van der Waals surface area contributed by atoms with E-state index in [9.17, 15) is 4.79 Å². The Morgan fingerprint density at radius 2 is 1.47 bits per heavy atom. The van der Waals surface area contributed by atoms with Crippen LogP contribution in [0.4, 0.5) is 27.1 Å². The van der Waals surface area contributed by atoms with E-state index in [1.54, 1.807) is 24.3 Å². The van der Waals surface area contributed by atoms with Crippen LogP contribution in [-0.2, 0) is 4.74 Å². The number of thiophene rings is 1. The Balaban J connectivity index is 1.87. The zero-order chi connectivity index (χ0) is 32.8. The molecule has 3 aromatic rings. The van der Waals surface area contributed by atoms with Crippen molar-refractivity contribution in [1.29, 1.82) is 0 Å². The lowest BCUT2D eigenvalue weighted by molar-refractivity contribution is 0.0602. The van der Waals surface area contributed by atoms with Gasteiger partial charge < -0.3 is 9.64 Å². The van der Waals surface area contributed by atoms with Crippen molar-refractivity contribution in [3.8, 4) is 0 Å². The van der Waals surface area contributed by atoms with Gasteiger partial charge in [-0.3, -0.25) is 0 Å². The first-order valence-corrected chi connectivity index (χ1v) is 17.7. The molecule has 0 radical (unpaired) electrons. The summed E-state index contributed by atoms with van der Waals surface area (Å²) in [4.78, 5) is 15.1. The molecule has 45 heavy (non-hydrogen) atoms. The van der Waals surface area contributed by atoms with Crippen LogP contribution in [0.15, 0.2) is 62.9 Å². The monoisotopic (exact) mass is 671 g/mol. The topological polar surface area (TPSA) is 79.0 Å². The fraction of sp³-hybridized carbons (Fsp3) is 0.514. The number of nitrogens with zero attached hydrogens (tertiary/aromatic N) is 5. The molecule has 7 nitrogen and oxygen atoms in total. The number of rotatable bonds is 18. The van der Waals surface area contributed by atoms with Gasteiger partial charge in [0.25, 0.3) is 0 Å². The summed E-state index contributed by atoms with van der Waals surface area (Å²) >= 11 is 13.4. The predicted octanol–water partition coefficient (Wildman–Crippen LogP) is 13.2. The van der Waals surface area contributed by atoms with E-state index < -0.39 is 5.97 Å². The van der Waals surface area contributed by atoms with Gasteiger partial charge in [0.2, 0.25) is 0 Å². The minimum absolute atomic E-state index is 0.278. The fourth-order valence-electron chi connectivity index (χ4n) is 5.24. The van der Waals surface area contributed by atoms with Crippen molar-refractivity contribution in [3.05, 3.63) is 63.6 Å². The number of hydrogen-bond donors (Lipinski definition) is 0. The van der Waals surface area contributed by atoms with E-state index >= 15 is 0 Å². The number of carbonyl (C=O) groups is 1. The van der Waals surface area contributed by atoms with Crippen LogP contribution < -0.4 is 4.90 Å². The Hall–Kier alpha value is -2.81. The van der Waals surface area contributed by atoms with Crippen LogP contribution in [0.5, 0.6) is 0 Å². The van der Waals surface area contributed by atoms with Gasteiger partial charge in [0.1, 0.15) is 10.6 Å². The highest BCUT2D eigenvalue weighted by molar-refractivity contribution is 7.19. The summed E-state index contributed by atoms with van der Waals surface area (Å²) in [5.41, 5.74) is 3.78. The van der Waals surface area contributed by atoms with Gasteiger partial charge in [-0.05, 0) is 79.6 Å². The number of carbonyl (C=O) groups excluding carboxylic acids is 1. The average Bonchev–Trinajstić information content (AvgIpc) is 3.44. The third-order valence-electron chi connectivity index (χ3n) is 8.05. The minimum atomic E-state index is -0.516. The zero-order valence-corrected chi connectivity index (χ0v) is 29.8. The molecule has 0 saturated heterocycles. The van der Waals surface area contributed by atoms with Gasteiger partial charge in [0.15, 0.2) is 5.00 Å². The van der Waals surface area contributed by atoms with Gasteiger partial charge in [-0.1, -0.05) is 101 Å². The summed E-state index contributed by atoms with van der Waals surface area (Å²) in [6.07, 6.45) is 9.89. The van der Waals surface area contributed by atoms with E-state index in [1.807, 2.05) is 6.07 Å². The second-order valence-corrected chi connectivity index (χ2v) is 13.4. The Labute approximate surface area is 283 Å². The molecule has 0 amide bonds. The van der Waals surface area contributed by atoms with Gasteiger partial charge in [-0.15, -0.1) is 20.5 Å². The predicted molar refractivity (Wildman–Crippen MR) is 190 cm³/mol. The van der Waals surface area contributed by atoms with Crippen molar-refractivity contribution >= 4 is 67.6 Å². The molecule has 2 atom stereocenters. The third kappa shape index (κ3) is 11.5. The molecule has 0 bridgehead atoms. The lowest BCUT2D eigenvalue weighted by Gasteiger charge is -2.33. The number of methoxy groups -OCH3 is 1. The van der Waals surface area contributed by atoms with Gasteiger partial charge in [0, 0.05) is 28.8 Å². The second-order valence-electron chi connectivity index (χ2n) is 11.5. The number of benzene rings is 2. The molecule has 2 unspecified atom stereocenters. The number of halogens is 2. The Bertz CT molecular complexity index is 1400. The number of azo groups is 2. The number of hydrogen-bond acceptors (Lipinski definition) is 8. The summed E-state index contributed by atoms with van der Waals surface area (Å²) in [5, 5.41) is 19.3. The average molecular weight is 673 g/mol. The van der Waals surface area contributed by atoms with E-state index in [0.717, 1.165) is 24.3 Å². The Morgan fingerprint density at radius 1 is 0.844 bits per heavy atom. The Kier molecular flexibility index (Phi) is 15.5. The maximum Gasteiger partial charge on any atom is 0.341 e. The van der Waals surface area contributed by atoms with E-state index in [4.69, 9.17) is 27.9 Å². The lowest BCUT2D eigenvalue weighted by atomic mass is 9.95. The molecule has 0 spiro atoms. The highest BCUT2D eigenvalue weighted by Gasteiger charge is 2.19. The van der Waals surface area contributed by atoms with Crippen LogP contribution in [0.2, 0.25) is 10.0 Å². The van der Waals surface area contributed by atoms with Crippen molar-refractivity contribution in [3.63, 3.8) is 0 Å². The van der Waals surface area contributed by atoms with Gasteiger partial charge >= 0.3 is 5.97 Å². The summed E-state index contributed by atoms with van der Waals surface area (Å²) in [6, 6.07) is 12.9. The summed E-state index contributed by atoms with van der Waals surface area (Å²) in [6.45, 7) is 13.4. The number of aryl methyl sites for hydroxylation is 1. The van der Waals surface area contributed by atoms with Crippen molar-refractivity contribution in [1.82, 2.24) is 0 Å². The zero-order valence-electron chi connectivity index (χ0n) is 27.5. The standard InChI is InChI=1S/C35H47Cl2N5O2S/c1-7-11-13-25(9-3)22-42(23-26(10-4)14-12-8-2)30-15-16-32(24(5)17-30)39-41-34-31(35(43)44-6)21-33(45-34)40-38-29-19-27(36)18-28(37)20-29/h15-21,25-26H,7-14,22-23H2,1-6H3. The second kappa shape index (κ2) is 19.0. The maximum atomic E-state index is 12.5.